The van der Waals surface area contributed by atoms with Gasteiger partial charge in [-0.25, -0.2) is 0 Å². The molecule has 0 amide bonds. The minimum atomic E-state index is -0.700. The Labute approximate surface area is 152 Å². The van der Waals surface area contributed by atoms with Gasteiger partial charge in [-0.05, 0) is 17.7 Å². The van der Waals surface area contributed by atoms with Gasteiger partial charge in [0.05, 0.1) is 18.6 Å². The maximum Gasteiger partial charge on any atom is 0.231 e. The Bertz CT molecular complexity index is 755. The van der Waals surface area contributed by atoms with Gasteiger partial charge < -0.3 is 36.8 Å². The molecule has 1 fully saturated rings. The molecule has 0 radical (unpaired) electrons. The SMILES string of the molecule is CO[C@@H]1C=C[C@@]23c4cc5c(cc4[C@@H](O)[N+](C)(C[C@@H]2O)[C@H]3C1)OCO5.[Cl-]. The van der Waals surface area contributed by atoms with E-state index in [0.29, 0.717) is 22.5 Å². The van der Waals surface area contributed by atoms with Crippen LogP contribution < -0.4 is 21.9 Å². The van der Waals surface area contributed by atoms with Gasteiger partial charge in [-0.1, -0.05) is 12.2 Å². The summed E-state index contributed by atoms with van der Waals surface area (Å²) in [5.41, 5.74) is 1.27. The van der Waals surface area contributed by atoms with Crippen LogP contribution in [0.3, 0.4) is 0 Å². The number of aliphatic hydroxyl groups is 2. The zero-order valence-electron chi connectivity index (χ0n) is 14.2. The highest BCUT2D eigenvalue weighted by Crippen LogP contribution is 2.59. The molecule has 25 heavy (non-hydrogen) atoms. The number of quaternary nitrogens is 1. The number of ether oxygens (including phenoxy) is 3. The van der Waals surface area contributed by atoms with Gasteiger partial charge in [0, 0.05) is 19.1 Å². The first-order chi connectivity index (χ1) is 11.5. The quantitative estimate of drug-likeness (QED) is 0.437. The van der Waals surface area contributed by atoms with Crippen LogP contribution in [0, 0.1) is 0 Å². The third-order valence-corrected chi connectivity index (χ3v) is 6.57. The van der Waals surface area contributed by atoms with Crippen LogP contribution in [-0.4, -0.2) is 60.4 Å². The second kappa shape index (κ2) is 5.34. The first kappa shape index (κ1) is 17.1. The fourth-order valence-electron chi connectivity index (χ4n) is 5.34. The fraction of sp³-hybridized carbons (Fsp3) is 0.556. The van der Waals surface area contributed by atoms with E-state index < -0.39 is 17.7 Å². The second-order valence-electron chi connectivity index (χ2n) is 7.53. The van der Waals surface area contributed by atoms with Crippen LogP contribution >= 0.6 is 0 Å². The molecule has 136 valence electrons. The van der Waals surface area contributed by atoms with Crippen molar-refractivity contribution in [2.45, 2.75) is 36.3 Å². The summed E-state index contributed by atoms with van der Waals surface area (Å²) in [6.45, 7) is 0.703. The number of hydrogen-bond donors (Lipinski definition) is 2. The average molecular weight is 368 g/mol. The minimum Gasteiger partial charge on any atom is -1.00 e. The van der Waals surface area contributed by atoms with Crippen molar-refractivity contribution in [2.75, 3.05) is 27.5 Å². The van der Waals surface area contributed by atoms with Crippen molar-refractivity contribution in [1.82, 2.24) is 0 Å². The highest BCUT2D eigenvalue weighted by Gasteiger charge is 2.69. The molecule has 6 atom stereocenters. The third-order valence-electron chi connectivity index (χ3n) is 6.57. The lowest BCUT2D eigenvalue weighted by atomic mass is 9.64. The van der Waals surface area contributed by atoms with Crippen molar-refractivity contribution in [3.63, 3.8) is 0 Å². The van der Waals surface area contributed by atoms with E-state index in [2.05, 4.69) is 6.08 Å². The average Bonchev–Trinajstić information content (AvgIpc) is 3.12. The minimum absolute atomic E-state index is 0. The molecule has 2 bridgehead atoms. The highest BCUT2D eigenvalue weighted by molar-refractivity contribution is 5.56. The maximum absolute atomic E-state index is 11.2. The van der Waals surface area contributed by atoms with E-state index >= 15 is 0 Å². The molecule has 1 unspecified atom stereocenters. The first-order valence-corrected chi connectivity index (χ1v) is 8.38. The summed E-state index contributed by atoms with van der Waals surface area (Å²) in [4.78, 5) is 0. The lowest BCUT2D eigenvalue weighted by molar-refractivity contribution is -0.976. The zero-order valence-corrected chi connectivity index (χ0v) is 14.9. The van der Waals surface area contributed by atoms with E-state index in [1.54, 1.807) is 7.11 Å². The van der Waals surface area contributed by atoms with Crippen LogP contribution in [0.5, 0.6) is 11.5 Å². The highest BCUT2D eigenvalue weighted by atomic mass is 35.5. The van der Waals surface area contributed by atoms with Crippen LogP contribution in [0.2, 0.25) is 0 Å². The molecule has 6 nitrogen and oxygen atoms in total. The molecule has 0 aromatic heterocycles. The van der Waals surface area contributed by atoms with E-state index in [4.69, 9.17) is 14.2 Å². The summed E-state index contributed by atoms with van der Waals surface area (Å²) < 4.78 is 17.0. The molecule has 3 heterocycles. The smallest absolute Gasteiger partial charge is 0.231 e. The molecule has 1 aliphatic carbocycles. The van der Waals surface area contributed by atoms with Crippen LogP contribution in [0.15, 0.2) is 24.3 Å². The number of aliphatic hydroxyl groups excluding tert-OH is 2. The Morgan fingerprint density at radius 1 is 1.24 bits per heavy atom. The fourth-order valence-corrected chi connectivity index (χ4v) is 5.34. The van der Waals surface area contributed by atoms with Crippen molar-refractivity contribution in [1.29, 1.82) is 0 Å². The zero-order chi connectivity index (χ0) is 16.7. The van der Waals surface area contributed by atoms with Crippen LogP contribution in [0.1, 0.15) is 23.8 Å². The molecule has 3 aliphatic heterocycles. The van der Waals surface area contributed by atoms with Gasteiger partial charge in [-0.3, -0.25) is 4.48 Å². The van der Waals surface area contributed by atoms with Gasteiger partial charge in [-0.2, -0.15) is 0 Å². The molecule has 0 spiro atoms. The van der Waals surface area contributed by atoms with Gasteiger partial charge >= 0.3 is 0 Å². The van der Waals surface area contributed by atoms with Crippen molar-refractivity contribution < 1.29 is 41.3 Å². The van der Waals surface area contributed by atoms with E-state index in [9.17, 15) is 10.2 Å². The van der Waals surface area contributed by atoms with Gasteiger partial charge in [0.25, 0.3) is 0 Å². The lowest BCUT2D eigenvalue weighted by Crippen LogP contribution is -3.00. The lowest BCUT2D eigenvalue weighted by Gasteiger charge is -2.51. The van der Waals surface area contributed by atoms with Gasteiger partial charge in [0.1, 0.15) is 18.7 Å². The molecule has 2 N–H and O–H groups in total. The largest absolute Gasteiger partial charge is 1.00 e. The van der Waals surface area contributed by atoms with E-state index in [0.717, 1.165) is 17.5 Å². The van der Waals surface area contributed by atoms with Gasteiger partial charge in [0.15, 0.2) is 11.5 Å². The predicted molar refractivity (Wildman–Crippen MR) is 84.6 cm³/mol. The Morgan fingerprint density at radius 2 is 1.96 bits per heavy atom. The molecular formula is C18H22ClNO5. The number of likely N-dealkylation sites (N-methyl/N-ethyl adjacent to an activating group) is 1. The van der Waals surface area contributed by atoms with Crippen molar-refractivity contribution in [3.8, 4) is 11.5 Å². The maximum atomic E-state index is 11.2. The number of nitrogens with zero attached hydrogens (tertiary/aromatic N) is 1. The van der Waals surface area contributed by atoms with Crippen molar-refractivity contribution in [2.24, 2.45) is 0 Å². The molecule has 4 aliphatic rings. The third kappa shape index (κ3) is 1.89. The first-order valence-electron chi connectivity index (χ1n) is 8.38. The number of benzene rings is 1. The van der Waals surface area contributed by atoms with E-state index in [1.807, 2.05) is 25.3 Å². The Kier molecular flexibility index (Phi) is 3.66. The Balaban J connectivity index is 0.00000157. The van der Waals surface area contributed by atoms with Gasteiger partial charge in [-0.15, -0.1) is 0 Å². The number of halogens is 1. The Hall–Kier alpha value is -1.31. The second-order valence-corrected chi connectivity index (χ2v) is 7.53. The van der Waals surface area contributed by atoms with Crippen LogP contribution in [0.4, 0.5) is 0 Å². The summed E-state index contributed by atoms with van der Waals surface area (Å²) in [6, 6.07) is 3.89. The summed E-state index contributed by atoms with van der Waals surface area (Å²) in [5, 5.41) is 22.2. The standard InChI is InChI=1S/C18H22NO5.ClH/c1-19-8-16(20)18(4-3-10(22-2)5-15(18)19)12-7-14-13(23-9-24-14)6-11(12)17(19)21;/h3-4,6-7,10,15-17,20-21H,5,8-9H2,1-2H3;1H/q+1;/p-1/t10-,15+,16+,17-,18+,19?;/m1./s1. The van der Waals surface area contributed by atoms with Gasteiger partial charge in [0.2, 0.25) is 13.0 Å². The predicted octanol–water partition coefficient (Wildman–Crippen LogP) is -2.17. The number of hydrogen-bond acceptors (Lipinski definition) is 5. The monoisotopic (exact) mass is 367 g/mol. The molecule has 1 aromatic rings. The molecule has 1 aromatic carbocycles. The van der Waals surface area contributed by atoms with E-state index in [1.165, 1.54) is 0 Å². The summed E-state index contributed by atoms with van der Waals surface area (Å²) in [7, 11) is 3.73. The molecule has 1 saturated heterocycles. The summed E-state index contributed by atoms with van der Waals surface area (Å²) in [6.07, 6.45) is 3.66. The Morgan fingerprint density at radius 3 is 2.68 bits per heavy atom. The summed E-state index contributed by atoms with van der Waals surface area (Å²) >= 11 is 0. The molecular weight excluding hydrogens is 346 g/mol. The topological polar surface area (TPSA) is 68.2 Å². The van der Waals surface area contributed by atoms with Crippen LogP contribution in [0.25, 0.3) is 0 Å². The number of fused-ring (bicyclic) bond motifs is 2. The number of rotatable bonds is 1. The summed E-state index contributed by atoms with van der Waals surface area (Å²) in [5.74, 6) is 1.35. The molecule has 5 rings (SSSR count). The normalized spacial score (nSPS) is 42.6. The van der Waals surface area contributed by atoms with Crippen LogP contribution in [-0.2, 0) is 10.2 Å². The number of methoxy groups -OCH3 is 1. The van der Waals surface area contributed by atoms with E-state index in [-0.39, 0.29) is 31.3 Å². The van der Waals surface area contributed by atoms with Crippen molar-refractivity contribution in [3.05, 3.63) is 35.4 Å². The van der Waals surface area contributed by atoms with Crippen molar-refractivity contribution >= 4 is 0 Å². The molecule has 0 saturated carbocycles. The molecule has 7 heteroatoms.